The van der Waals surface area contributed by atoms with E-state index in [4.69, 9.17) is 0 Å². The molecule has 6 rings (SSSR count). The zero-order valence-corrected chi connectivity index (χ0v) is 19.6. The third-order valence-corrected chi connectivity index (χ3v) is 9.91. The first kappa shape index (κ1) is 20.4. The third-order valence-electron chi connectivity index (χ3n) is 8.10. The van der Waals surface area contributed by atoms with E-state index in [1.807, 2.05) is 24.1 Å². The Hall–Kier alpha value is -2.19. The first-order valence-corrected chi connectivity index (χ1v) is 13.6. The zero-order valence-electron chi connectivity index (χ0n) is 18.8. The van der Waals surface area contributed by atoms with Gasteiger partial charge in [-0.2, -0.15) is 10.2 Å². The summed E-state index contributed by atoms with van der Waals surface area (Å²) < 4.78 is 26.0. The molecule has 3 aliphatic rings. The van der Waals surface area contributed by atoms with Crippen LogP contribution in [0.5, 0.6) is 0 Å². The van der Waals surface area contributed by atoms with Gasteiger partial charge in [-0.3, -0.25) is 14.7 Å². The molecule has 0 bridgehead atoms. The van der Waals surface area contributed by atoms with E-state index in [2.05, 4.69) is 39.3 Å². The van der Waals surface area contributed by atoms with Crippen molar-refractivity contribution >= 4 is 20.7 Å². The van der Waals surface area contributed by atoms with E-state index < -0.39 is 9.84 Å². The van der Waals surface area contributed by atoms with Crippen LogP contribution in [-0.4, -0.2) is 63.9 Å². The number of fused-ring (bicyclic) bond motifs is 2. The Morgan fingerprint density at radius 2 is 1.94 bits per heavy atom. The molecule has 0 spiro atoms. The SMILES string of the molecule is Cc1cc2[nH]nc(-c3cnn(C)c3)c2cc1C1C[C@@H]2CN([C@@H]3CCCS(=O)(=O)C3)C[C@@H]2C1. The Labute approximate surface area is 189 Å². The predicted octanol–water partition coefficient (Wildman–Crippen LogP) is 3.27. The summed E-state index contributed by atoms with van der Waals surface area (Å²) in [6.45, 7) is 4.34. The van der Waals surface area contributed by atoms with E-state index in [1.165, 1.54) is 29.4 Å². The van der Waals surface area contributed by atoms with Gasteiger partial charge < -0.3 is 0 Å². The van der Waals surface area contributed by atoms with Crippen molar-refractivity contribution in [2.24, 2.45) is 18.9 Å². The van der Waals surface area contributed by atoms with Gasteiger partial charge in [0.15, 0.2) is 9.84 Å². The van der Waals surface area contributed by atoms with Crippen molar-refractivity contribution in [3.8, 4) is 11.3 Å². The summed E-state index contributed by atoms with van der Waals surface area (Å²) in [5.41, 5.74) is 5.87. The number of rotatable bonds is 3. The van der Waals surface area contributed by atoms with Crippen molar-refractivity contribution in [3.63, 3.8) is 0 Å². The molecule has 2 aromatic heterocycles. The molecule has 2 aliphatic heterocycles. The van der Waals surface area contributed by atoms with Crippen LogP contribution >= 0.6 is 0 Å². The molecule has 3 aromatic rings. The van der Waals surface area contributed by atoms with Gasteiger partial charge in [-0.05, 0) is 73.6 Å². The minimum Gasteiger partial charge on any atom is -0.299 e. The van der Waals surface area contributed by atoms with Crippen molar-refractivity contribution < 1.29 is 8.42 Å². The highest BCUT2D eigenvalue weighted by Crippen LogP contribution is 2.48. The Kier molecular flexibility index (Phi) is 4.73. The number of aryl methyl sites for hydroxylation is 2. The highest BCUT2D eigenvalue weighted by molar-refractivity contribution is 7.91. The number of H-pyrrole nitrogens is 1. The fourth-order valence-corrected chi connectivity index (χ4v) is 8.30. The number of nitrogens with one attached hydrogen (secondary N) is 1. The first-order valence-electron chi connectivity index (χ1n) is 11.8. The average Bonchev–Trinajstić information content (AvgIpc) is 3.48. The number of aromatic amines is 1. The van der Waals surface area contributed by atoms with E-state index in [1.54, 1.807) is 0 Å². The molecule has 4 heterocycles. The molecule has 7 nitrogen and oxygen atoms in total. The quantitative estimate of drug-likeness (QED) is 0.658. The van der Waals surface area contributed by atoms with Gasteiger partial charge in [0.1, 0.15) is 5.69 Å². The maximum absolute atomic E-state index is 12.1. The fourth-order valence-electron chi connectivity index (χ4n) is 6.57. The normalized spacial score (nSPS) is 30.2. The maximum atomic E-state index is 12.1. The van der Waals surface area contributed by atoms with Crippen LogP contribution in [0.1, 0.15) is 42.7 Å². The van der Waals surface area contributed by atoms with Gasteiger partial charge in [0.05, 0.1) is 23.2 Å². The number of sulfone groups is 1. The topological polar surface area (TPSA) is 83.9 Å². The molecular weight excluding hydrogens is 422 g/mol. The van der Waals surface area contributed by atoms with Crippen molar-refractivity contribution in [3.05, 3.63) is 35.7 Å². The summed E-state index contributed by atoms with van der Waals surface area (Å²) >= 11 is 0. The molecule has 0 radical (unpaired) electrons. The van der Waals surface area contributed by atoms with Crippen LogP contribution in [0, 0.1) is 18.8 Å². The van der Waals surface area contributed by atoms with Crippen LogP contribution in [0.3, 0.4) is 0 Å². The lowest BCUT2D eigenvalue weighted by molar-refractivity contribution is 0.223. The van der Waals surface area contributed by atoms with E-state index >= 15 is 0 Å². The lowest BCUT2D eigenvalue weighted by Crippen LogP contribution is -2.42. The second kappa shape index (κ2) is 7.42. The van der Waals surface area contributed by atoms with Crippen LogP contribution in [0.2, 0.25) is 0 Å². The summed E-state index contributed by atoms with van der Waals surface area (Å²) in [6, 6.07) is 4.84. The van der Waals surface area contributed by atoms with Gasteiger partial charge >= 0.3 is 0 Å². The predicted molar refractivity (Wildman–Crippen MR) is 125 cm³/mol. The number of nitrogens with zero attached hydrogens (tertiary/aromatic N) is 4. The van der Waals surface area contributed by atoms with Crippen LogP contribution < -0.4 is 0 Å². The second-order valence-electron chi connectivity index (χ2n) is 10.3. The van der Waals surface area contributed by atoms with Crippen molar-refractivity contribution in [2.75, 3.05) is 24.6 Å². The molecule has 4 atom stereocenters. The molecule has 170 valence electrons. The van der Waals surface area contributed by atoms with Gasteiger partial charge in [-0.25, -0.2) is 8.42 Å². The minimum atomic E-state index is -2.85. The van der Waals surface area contributed by atoms with Crippen LogP contribution in [-0.2, 0) is 16.9 Å². The van der Waals surface area contributed by atoms with Gasteiger partial charge in [-0.15, -0.1) is 0 Å². The number of hydrogen-bond donors (Lipinski definition) is 1. The second-order valence-corrected chi connectivity index (χ2v) is 12.5. The Morgan fingerprint density at radius 3 is 2.62 bits per heavy atom. The lowest BCUT2D eigenvalue weighted by atomic mass is 9.90. The Bertz CT molecular complexity index is 1260. The molecule has 1 N–H and O–H groups in total. The largest absolute Gasteiger partial charge is 0.299 e. The number of likely N-dealkylation sites (tertiary alicyclic amines) is 1. The molecule has 1 saturated carbocycles. The van der Waals surface area contributed by atoms with Crippen LogP contribution in [0.25, 0.3) is 22.2 Å². The van der Waals surface area contributed by atoms with E-state index in [-0.39, 0.29) is 6.04 Å². The summed E-state index contributed by atoms with van der Waals surface area (Å²) in [5.74, 6) is 2.68. The highest BCUT2D eigenvalue weighted by atomic mass is 32.2. The van der Waals surface area contributed by atoms with Gasteiger partial charge in [-0.1, -0.05) is 0 Å². The first-order chi connectivity index (χ1) is 15.4. The van der Waals surface area contributed by atoms with Crippen molar-refractivity contribution in [1.29, 1.82) is 0 Å². The monoisotopic (exact) mass is 453 g/mol. The highest BCUT2D eigenvalue weighted by Gasteiger charge is 2.44. The fraction of sp³-hybridized carbons (Fsp3) is 0.583. The molecular formula is C24H31N5O2S. The van der Waals surface area contributed by atoms with Gasteiger partial charge in [0.2, 0.25) is 0 Å². The number of aromatic nitrogens is 4. The van der Waals surface area contributed by atoms with Crippen LogP contribution in [0.4, 0.5) is 0 Å². The molecule has 0 amide bonds. The summed E-state index contributed by atoms with van der Waals surface area (Å²) in [5, 5.41) is 13.3. The smallest absolute Gasteiger partial charge is 0.151 e. The van der Waals surface area contributed by atoms with Gasteiger partial charge in [0, 0.05) is 43.3 Å². The molecule has 3 fully saturated rings. The summed E-state index contributed by atoms with van der Waals surface area (Å²) in [4.78, 5) is 2.49. The average molecular weight is 454 g/mol. The third kappa shape index (κ3) is 3.48. The molecule has 1 aliphatic carbocycles. The molecule has 2 saturated heterocycles. The number of benzene rings is 1. The molecule has 1 aromatic carbocycles. The Morgan fingerprint density at radius 1 is 1.16 bits per heavy atom. The molecule has 8 heteroatoms. The standard InChI is InChI=1S/C24H31N5O2S/c1-15-6-23-22(24(27-26-23)19-10-25-28(2)11-19)9-21(15)16-7-17-12-29(13-18(17)8-16)20-4-3-5-32(30,31)14-20/h6,9-11,16-18,20H,3-5,7-8,12-14H2,1-2H3,(H,26,27)/t16?,17-,18+,20-/m1/s1. The van der Waals surface area contributed by atoms with Crippen molar-refractivity contribution in [1.82, 2.24) is 24.9 Å². The van der Waals surface area contributed by atoms with Crippen molar-refractivity contribution in [2.45, 2.75) is 44.6 Å². The minimum absolute atomic E-state index is 0.240. The van der Waals surface area contributed by atoms with E-state index in [0.717, 1.165) is 42.7 Å². The molecule has 32 heavy (non-hydrogen) atoms. The van der Waals surface area contributed by atoms with E-state index in [9.17, 15) is 8.42 Å². The summed E-state index contributed by atoms with van der Waals surface area (Å²) in [7, 11) is -0.922. The van der Waals surface area contributed by atoms with E-state index in [0.29, 0.717) is 29.3 Å². The Balaban J connectivity index is 1.22. The summed E-state index contributed by atoms with van der Waals surface area (Å²) in [6.07, 6.45) is 8.14. The number of hydrogen-bond acceptors (Lipinski definition) is 5. The lowest BCUT2D eigenvalue weighted by Gasteiger charge is -2.31. The maximum Gasteiger partial charge on any atom is 0.151 e. The van der Waals surface area contributed by atoms with Crippen LogP contribution in [0.15, 0.2) is 24.5 Å². The zero-order chi connectivity index (χ0) is 22.0. The molecule has 1 unspecified atom stereocenters. The van der Waals surface area contributed by atoms with Gasteiger partial charge in [0.25, 0.3) is 0 Å².